The third-order valence-electron chi connectivity index (χ3n) is 20.9. The Hall–Kier alpha value is -7.30. The summed E-state index contributed by atoms with van der Waals surface area (Å²) in [5.74, 6) is -5.09. The number of rotatable bonds is 30. The zero-order chi connectivity index (χ0) is 76.6. The first-order valence-corrected chi connectivity index (χ1v) is 41.4. The monoisotopic (exact) mass is 1520 g/mol. The Morgan fingerprint density at radius 2 is 0.897 bits per heavy atom. The van der Waals surface area contributed by atoms with Crippen molar-refractivity contribution >= 4 is 77.7 Å². The predicted molar refractivity (Wildman–Crippen MR) is 409 cm³/mol. The van der Waals surface area contributed by atoms with Crippen LogP contribution < -0.4 is 20.7 Å². The van der Waals surface area contributed by atoms with Gasteiger partial charge in [0.2, 0.25) is 0 Å². The van der Waals surface area contributed by atoms with E-state index in [0.717, 1.165) is 26.3 Å². The molecule has 4 saturated heterocycles. The van der Waals surface area contributed by atoms with E-state index in [9.17, 15) is 35.3 Å². The van der Waals surface area contributed by atoms with Crippen LogP contribution in [-0.2, 0) is 81.9 Å². The number of esters is 3. The number of carbonyl (C=O) groups is 3. The van der Waals surface area contributed by atoms with Gasteiger partial charge in [0.15, 0.2) is 12.6 Å². The molecule has 4 heterocycles. The molecule has 6 aromatic carbocycles. The van der Waals surface area contributed by atoms with Gasteiger partial charge in [0, 0.05) is 17.8 Å². The van der Waals surface area contributed by atoms with Crippen molar-refractivity contribution in [2.75, 3.05) is 26.4 Å². The Labute approximate surface area is 631 Å². The molecule has 0 aromatic heterocycles. The summed E-state index contributed by atoms with van der Waals surface area (Å²) >= 11 is 0. The van der Waals surface area contributed by atoms with Crippen molar-refractivity contribution in [1.82, 2.24) is 0 Å². The van der Waals surface area contributed by atoms with Crippen LogP contribution in [0.1, 0.15) is 99.0 Å². The quantitative estimate of drug-likeness (QED) is 0.00833. The van der Waals surface area contributed by atoms with Gasteiger partial charge in [-0.25, -0.2) is 0 Å². The zero-order valence-corrected chi connectivity index (χ0v) is 65.6. The second-order valence-corrected chi connectivity index (χ2v) is 39.8. The van der Waals surface area contributed by atoms with E-state index >= 15 is 0 Å². The number of benzene rings is 6. The summed E-state index contributed by atoms with van der Waals surface area (Å²) in [5.41, 5.74) is 21.6. The molecule has 1 N–H and O–H groups in total. The molecule has 1 radical (unpaired) electrons. The van der Waals surface area contributed by atoms with E-state index in [0.29, 0.717) is 7.04 Å². The van der Waals surface area contributed by atoms with Crippen LogP contribution in [0.25, 0.3) is 20.9 Å². The average molecular weight is 1520 g/mol. The van der Waals surface area contributed by atoms with Crippen molar-refractivity contribution in [2.45, 2.75) is 198 Å². The molecule has 567 valence electrons. The van der Waals surface area contributed by atoms with Crippen molar-refractivity contribution in [3.8, 4) is 0 Å². The predicted octanol–water partition coefficient (Wildman–Crippen LogP) is 10.7. The Bertz CT molecular complexity index is 3880. The Kier molecular flexibility index (Phi) is 28.7. The van der Waals surface area contributed by atoms with Crippen LogP contribution in [0.2, 0.25) is 10.1 Å². The van der Waals surface area contributed by atoms with Crippen molar-refractivity contribution < 1.29 is 85.2 Å². The molecule has 29 heteroatoms. The van der Waals surface area contributed by atoms with Gasteiger partial charge in [0.25, 0.3) is 8.32 Å². The number of aliphatic hydroxyl groups is 1. The summed E-state index contributed by atoms with van der Waals surface area (Å²) in [4.78, 5) is 47.4. The molecule has 21 atom stereocenters. The van der Waals surface area contributed by atoms with E-state index in [1.54, 1.807) is 51.1 Å². The Balaban J connectivity index is 1.07. The number of ether oxygens (including phenoxy) is 11. The molecular formula is C78H98B2N6O18PSi2. The molecule has 11 unspecified atom stereocenters. The van der Waals surface area contributed by atoms with E-state index in [4.69, 9.17) is 61.0 Å². The third-order valence-corrected chi connectivity index (χ3v) is 32.5. The summed E-state index contributed by atoms with van der Waals surface area (Å²) in [6.45, 7) is 23.3. The summed E-state index contributed by atoms with van der Waals surface area (Å²) in [6, 6.07) is 55.7. The van der Waals surface area contributed by atoms with Crippen LogP contribution in [0.5, 0.6) is 0 Å². The number of nitrogens with zero attached hydrogens (tertiary/aromatic N) is 6. The molecule has 4 aliphatic rings. The Morgan fingerprint density at radius 3 is 1.37 bits per heavy atom. The fraction of sp³-hybridized carbons (Fsp3) is 0.500. The minimum Gasteiger partial charge on any atom is -0.0849 e. The fourth-order valence-corrected chi connectivity index (χ4v) is 25.8. The van der Waals surface area contributed by atoms with E-state index < -0.39 is 173 Å². The number of azide groups is 2. The van der Waals surface area contributed by atoms with Gasteiger partial charge in [-0.2, -0.15) is 0 Å². The molecule has 4 fully saturated rings. The normalized spacial score (nSPS) is 29.1. The van der Waals surface area contributed by atoms with Gasteiger partial charge < -0.3 is 33.2 Å². The van der Waals surface area contributed by atoms with Crippen molar-refractivity contribution in [3.63, 3.8) is 0 Å². The summed E-state index contributed by atoms with van der Waals surface area (Å²) in [7, 11) is -6.17. The van der Waals surface area contributed by atoms with Gasteiger partial charge in [-0.3, -0.25) is 4.79 Å². The SMILES string of the molecule is CC(=O)OCC1OC(O)C(C)[C@H](OCc2ccccc2)C1O[C@@H]1OC(CO[Si](c2ccccc2)(c2ccccc2)C(C)(C)C)[C@@H](O[C@@H]2OC(COC(C)=O)[C@@H](O[C@@H]3OC(CO[Si](c4ccccc4)(c4ccccc4)C(C)(C)C)[C@@H](C)[C@H](P[B]B=O)C3N=[N+]=[N-])[C@H](C)C2OC(=O)c2ccccc2)[C@H](C)C1N=[N+]=[N-]. The smallest absolute Gasteiger partial charge is 0.0849 e. The summed E-state index contributed by atoms with van der Waals surface area (Å²) < 4.78 is 102. The number of hydrogen-bond acceptors (Lipinski definition) is 20. The average Bonchev–Trinajstić information content (AvgIpc) is 0.742. The van der Waals surface area contributed by atoms with E-state index in [1.165, 1.54) is 20.7 Å². The van der Waals surface area contributed by atoms with Crippen molar-refractivity contribution in [1.29, 1.82) is 0 Å². The molecule has 0 amide bonds. The minimum absolute atomic E-state index is 0.0413. The maximum atomic E-state index is 14.9. The number of hydrogen-bond donors (Lipinski definition) is 1. The van der Waals surface area contributed by atoms with Crippen molar-refractivity contribution in [3.05, 3.63) is 214 Å². The minimum atomic E-state index is -3.48. The van der Waals surface area contributed by atoms with Crippen LogP contribution in [0.15, 0.2) is 192 Å². The van der Waals surface area contributed by atoms with E-state index in [2.05, 4.69) is 110 Å². The second-order valence-electron chi connectivity index (χ2n) is 29.9. The molecule has 107 heavy (non-hydrogen) atoms. The molecule has 0 bridgehead atoms. The zero-order valence-electron chi connectivity index (χ0n) is 62.6. The van der Waals surface area contributed by atoms with Crippen LogP contribution in [0, 0.1) is 23.7 Å². The molecule has 10 rings (SSSR count). The van der Waals surface area contributed by atoms with Gasteiger partial charge in [0.05, 0.1) is 25.4 Å². The van der Waals surface area contributed by atoms with E-state index in [1.807, 2.05) is 110 Å². The topological polar surface area (TPSA) is 306 Å². The maximum absolute atomic E-state index is 14.9. The number of carbonyl (C=O) groups excluding carboxylic acids is 3. The first-order valence-electron chi connectivity index (χ1n) is 36.4. The number of aliphatic hydroxyl groups excluding tert-OH is 1. The molecule has 0 aliphatic carbocycles. The van der Waals surface area contributed by atoms with Crippen LogP contribution >= 0.6 is 8.46 Å². The molecule has 0 spiro atoms. The van der Waals surface area contributed by atoms with Crippen molar-refractivity contribution in [2.24, 2.45) is 33.9 Å². The van der Waals surface area contributed by atoms with Gasteiger partial charge in [-0.1, -0.05) is 149 Å². The molecular weight excluding hydrogens is 1420 g/mol. The van der Waals surface area contributed by atoms with Gasteiger partial charge in [-0.15, -0.1) is 0 Å². The second kappa shape index (κ2) is 37.4. The van der Waals surface area contributed by atoms with Crippen LogP contribution in [0.3, 0.4) is 0 Å². The standard InChI is InChI=1S/C78H98B2N6O18PSi2/c1-48-60(46-95-106(77(7,8)9,56-35-23-15-24-36-56)57-37-25-16-26-38-57)98-75(65(84-86-82)71(48)105-80-79-91)102-67-50(3)69(101-73(90)55-33-21-14-22-34-55)76(100-61(67)44-92-52(5)87)103-66-49(2)64(83-85-81)74(99-63(66)47-96-107(78(10,11)12,58-39-27-17-28-40-58)59-41-29-18-30-42-59)104-70-62(45-93-53(6)88)97-72(89)51(4)68(70)94-43-54-31-19-13-20-32-54/h13-42,48-51,60-72,74-76,89,105H,43-47H2,1-12H3/t48-,49-,50+,51?,60?,61?,62?,63?,64?,65?,66+,67+,68+,69?,70?,71+,72?,74+,75+,76+/m1/s1. The Morgan fingerprint density at radius 1 is 0.495 bits per heavy atom. The summed E-state index contributed by atoms with van der Waals surface area (Å²) in [5, 5.41) is 23.3. The van der Waals surface area contributed by atoms with Gasteiger partial charge in [-0.05, 0) is 44.6 Å². The van der Waals surface area contributed by atoms with Gasteiger partial charge in [0.1, 0.15) is 24.9 Å². The molecule has 24 nitrogen and oxygen atoms in total. The van der Waals surface area contributed by atoms with E-state index in [-0.39, 0.29) is 40.5 Å². The molecule has 0 saturated carbocycles. The van der Waals surface area contributed by atoms with Crippen LogP contribution in [-0.4, -0.2) is 178 Å². The fourth-order valence-electron chi connectivity index (χ4n) is 15.4. The van der Waals surface area contributed by atoms with Gasteiger partial charge >= 0.3 is 314 Å². The van der Waals surface area contributed by atoms with Crippen LogP contribution in [0.4, 0.5) is 0 Å². The summed E-state index contributed by atoms with van der Waals surface area (Å²) in [6.07, 6.45) is -16.2. The third kappa shape index (κ3) is 19.1. The first-order chi connectivity index (χ1) is 51.3. The molecule has 4 aliphatic heterocycles. The molecule has 6 aromatic rings. The first kappa shape index (κ1) is 82.2.